The topological polar surface area (TPSA) is 72.2 Å². The number of anilines is 1. The molecule has 0 saturated heterocycles. The van der Waals surface area contributed by atoms with Crippen molar-refractivity contribution < 1.29 is 9.59 Å². The zero-order valence-corrected chi connectivity index (χ0v) is 14.1. The first kappa shape index (κ1) is 16.6. The molecule has 4 nitrogen and oxygen atoms in total. The molecule has 2 rings (SSSR count). The Labute approximate surface area is 141 Å². The predicted octanol–water partition coefficient (Wildman–Crippen LogP) is 3.42. The van der Waals surface area contributed by atoms with Gasteiger partial charge in [0.25, 0.3) is 0 Å². The highest BCUT2D eigenvalue weighted by Gasteiger charge is 2.05. The molecule has 0 spiro atoms. The van der Waals surface area contributed by atoms with Gasteiger partial charge in [0.05, 0.1) is 5.75 Å². The van der Waals surface area contributed by atoms with Gasteiger partial charge in [0.15, 0.2) is 0 Å². The number of primary amides is 1. The molecule has 0 aromatic heterocycles. The van der Waals surface area contributed by atoms with Gasteiger partial charge < -0.3 is 11.1 Å². The van der Waals surface area contributed by atoms with E-state index >= 15 is 0 Å². The van der Waals surface area contributed by atoms with Gasteiger partial charge in [-0.05, 0) is 35.9 Å². The summed E-state index contributed by atoms with van der Waals surface area (Å²) in [6.07, 6.45) is 0. The van der Waals surface area contributed by atoms with Gasteiger partial charge in [0.1, 0.15) is 0 Å². The van der Waals surface area contributed by atoms with Crippen molar-refractivity contribution in [3.63, 3.8) is 0 Å². The molecule has 0 aliphatic heterocycles. The average molecular weight is 379 g/mol. The van der Waals surface area contributed by atoms with Crippen LogP contribution in [0, 0.1) is 0 Å². The molecule has 22 heavy (non-hydrogen) atoms. The van der Waals surface area contributed by atoms with Crippen LogP contribution < -0.4 is 11.1 Å². The molecule has 0 saturated carbocycles. The van der Waals surface area contributed by atoms with E-state index in [0.717, 1.165) is 15.8 Å². The van der Waals surface area contributed by atoms with Crippen LogP contribution in [-0.4, -0.2) is 17.6 Å². The second-order valence-corrected chi connectivity index (χ2v) is 6.51. The number of carbonyl (C=O) groups excluding carboxylic acids is 2. The number of benzene rings is 2. The number of thioether (sulfide) groups is 1. The molecular weight excluding hydrogens is 364 g/mol. The first-order valence-electron chi connectivity index (χ1n) is 6.56. The van der Waals surface area contributed by atoms with Gasteiger partial charge in [-0.3, -0.25) is 9.59 Å². The number of amides is 2. The fourth-order valence-corrected chi connectivity index (χ4v) is 2.84. The maximum atomic E-state index is 11.9. The molecule has 3 N–H and O–H groups in total. The Morgan fingerprint density at radius 3 is 2.55 bits per heavy atom. The Balaban J connectivity index is 1.81. The maximum Gasteiger partial charge on any atom is 0.248 e. The third-order valence-corrected chi connectivity index (χ3v) is 4.38. The van der Waals surface area contributed by atoms with Crippen LogP contribution >= 0.6 is 27.7 Å². The van der Waals surface area contributed by atoms with Crippen molar-refractivity contribution in [2.75, 3.05) is 11.1 Å². The minimum atomic E-state index is -0.513. The molecule has 0 radical (unpaired) electrons. The van der Waals surface area contributed by atoms with E-state index in [4.69, 9.17) is 5.73 Å². The van der Waals surface area contributed by atoms with E-state index in [1.54, 1.807) is 24.3 Å². The number of hydrogen-bond acceptors (Lipinski definition) is 3. The zero-order chi connectivity index (χ0) is 15.9. The monoisotopic (exact) mass is 378 g/mol. The van der Waals surface area contributed by atoms with Crippen molar-refractivity contribution in [1.29, 1.82) is 0 Å². The Morgan fingerprint density at radius 1 is 1.14 bits per heavy atom. The van der Waals surface area contributed by atoms with Crippen LogP contribution in [0.5, 0.6) is 0 Å². The van der Waals surface area contributed by atoms with E-state index in [9.17, 15) is 9.59 Å². The van der Waals surface area contributed by atoms with Gasteiger partial charge in [0.2, 0.25) is 11.8 Å². The lowest BCUT2D eigenvalue weighted by Gasteiger charge is -2.06. The Hall–Kier alpha value is -1.79. The first-order chi connectivity index (χ1) is 10.5. The summed E-state index contributed by atoms with van der Waals surface area (Å²) >= 11 is 4.92. The van der Waals surface area contributed by atoms with Gasteiger partial charge >= 0.3 is 0 Å². The van der Waals surface area contributed by atoms with Gasteiger partial charge in [-0.1, -0.05) is 34.1 Å². The quantitative estimate of drug-likeness (QED) is 0.808. The molecular formula is C16H15BrN2O2S. The standard InChI is InChI=1S/C16H15BrN2O2S/c17-13-6-4-11(5-7-13)9-22-10-15(20)19-14-3-1-2-12(8-14)16(18)21/h1-8H,9-10H2,(H2,18,21)(H,19,20). The van der Waals surface area contributed by atoms with E-state index in [2.05, 4.69) is 21.2 Å². The molecule has 0 bridgehead atoms. The number of nitrogens with two attached hydrogens (primary N) is 1. The summed E-state index contributed by atoms with van der Waals surface area (Å²) in [4.78, 5) is 23.0. The molecule has 0 unspecified atom stereocenters. The number of hydrogen-bond donors (Lipinski definition) is 2. The van der Waals surface area contributed by atoms with E-state index in [1.165, 1.54) is 11.8 Å². The van der Waals surface area contributed by atoms with Crippen LogP contribution in [0.3, 0.4) is 0 Å². The van der Waals surface area contributed by atoms with Crippen LogP contribution in [0.15, 0.2) is 53.0 Å². The molecule has 0 aliphatic rings. The first-order valence-corrected chi connectivity index (χ1v) is 8.51. The van der Waals surface area contributed by atoms with Crippen LogP contribution in [-0.2, 0) is 10.5 Å². The lowest BCUT2D eigenvalue weighted by atomic mass is 10.2. The molecule has 6 heteroatoms. The smallest absolute Gasteiger partial charge is 0.248 e. The average Bonchev–Trinajstić information content (AvgIpc) is 2.49. The summed E-state index contributed by atoms with van der Waals surface area (Å²) in [6, 6.07) is 14.6. The van der Waals surface area contributed by atoms with Gasteiger partial charge in [0, 0.05) is 21.5 Å². The summed E-state index contributed by atoms with van der Waals surface area (Å²) in [6.45, 7) is 0. The SMILES string of the molecule is NC(=O)c1cccc(NC(=O)CSCc2ccc(Br)cc2)c1. The van der Waals surface area contributed by atoms with E-state index in [-0.39, 0.29) is 5.91 Å². The van der Waals surface area contributed by atoms with E-state index in [0.29, 0.717) is 17.0 Å². The third-order valence-electron chi connectivity index (χ3n) is 2.85. The normalized spacial score (nSPS) is 10.2. The fourth-order valence-electron chi connectivity index (χ4n) is 1.79. The minimum absolute atomic E-state index is 0.108. The molecule has 0 heterocycles. The van der Waals surface area contributed by atoms with Crippen molar-refractivity contribution in [3.05, 3.63) is 64.1 Å². The Kier molecular flexibility index (Phi) is 6.03. The summed E-state index contributed by atoms with van der Waals surface area (Å²) in [5.41, 5.74) is 7.32. The third kappa shape index (κ3) is 5.20. The van der Waals surface area contributed by atoms with Crippen molar-refractivity contribution in [2.45, 2.75) is 5.75 Å². The Morgan fingerprint density at radius 2 is 1.86 bits per heavy atom. The minimum Gasteiger partial charge on any atom is -0.366 e. The highest BCUT2D eigenvalue weighted by Crippen LogP contribution is 2.16. The highest BCUT2D eigenvalue weighted by molar-refractivity contribution is 9.10. The second-order valence-electron chi connectivity index (χ2n) is 4.61. The summed E-state index contributed by atoms with van der Waals surface area (Å²) in [5.74, 6) is 0.489. The largest absolute Gasteiger partial charge is 0.366 e. The molecule has 0 fully saturated rings. The molecule has 0 atom stereocenters. The number of carbonyl (C=O) groups is 2. The van der Waals surface area contributed by atoms with Crippen molar-refractivity contribution >= 4 is 45.2 Å². The summed E-state index contributed by atoms with van der Waals surface area (Å²) in [7, 11) is 0. The lowest BCUT2D eigenvalue weighted by Crippen LogP contribution is -2.15. The predicted molar refractivity (Wildman–Crippen MR) is 93.9 cm³/mol. The Bertz CT molecular complexity index is 674. The van der Waals surface area contributed by atoms with Gasteiger partial charge in [-0.25, -0.2) is 0 Å². The van der Waals surface area contributed by atoms with E-state index in [1.807, 2.05) is 24.3 Å². The molecule has 2 aromatic rings. The summed E-state index contributed by atoms with van der Waals surface area (Å²) < 4.78 is 1.04. The molecule has 2 aromatic carbocycles. The number of halogens is 1. The van der Waals surface area contributed by atoms with Gasteiger partial charge in [-0.15, -0.1) is 11.8 Å². The van der Waals surface area contributed by atoms with E-state index < -0.39 is 5.91 Å². The maximum absolute atomic E-state index is 11.9. The van der Waals surface area contributed by atoms with Crippen LogP contribution in [0.2, 0.25) is 0 Å². The summed E-state index contributed by atoms with van der Waals surface area (Å²) in [5, 5.41) is 2.76. The highest BCUT2D eigenvalue weighted by atomic mass is 79.9. The van der Waals surface area contributed by atoms with Gasteiger partial charge in [-0.2, -0.15) is 0 Å². The number of rotatable bonds is 6. The molecule has 2 amide bonds. The zero-order valence-electron chi connectivity index (χ0n) is 11.7. The second kappa shape index (κ2) is 8.00. The van der Waals surface area contributed by atoms with Crippen LogP contribution in [0.25, 0.3) is 0 Å². The van der Waals surface area contributed by atoms with Crippen molar-refractivity contribution in [2.24, 2.45) is 5.73 Å². The van der Waals surface area contributed by atoms with Crippen molar-refractivity contribution in [1.82, 2.24) is 0 Å². The van der Waals surface area contributed by atoms with Crippen LogP contribution in [0.4, 0.5) is 5.69 Å². The number of nitrogens with one attached hydrogen (secondary N) is 1. The van der Waals surface area contributed by atoms with Crippen LogP contribution in [0.1, 0.15) is 15.9 Å². The lowest BCUT2D eigenvalue weighted by molar-refractivity contribution is -0.113. The fraction of sp³-hybridized carbons (Fsp3) is 0.125. The molecule has 114 valence electrons. The van der Waals surface area contributed by atoms with Crippen molar-refractivity contribution in [3.8, 4) is 0 Å². The molecule has 0 aliphatic carbocycles.